The highest BCUT2D eigenvalue weighted by Gasteiger charge is 2.38. The molecular formula is C18H36IN5O. The molecule has 0 radical (unpaired) electrons. The lowest BCUT2D eigenvalue weighted by Gasteiger charge is -2.20. The van der Waals surface area contributed by atoms with Crippen LogP contribution < -0.4 is 16.0 Å². The van der Waals surface area contributed by atoms with Crippen molar-refractivity contribution in [1.82, 2.24) is 20.9 Å². The van der Waals surface area contributed by atoms with E-state index in [1.165, 1.54) is 19.3 Å². The molecule has 1 aliphatic heterocycles. The lowest BCUT2D eigenvalue weighted by atomic mass is 9.96. The second-order valence-corrected chi connectivity index (χ2v) is 8.12. The molecule has 1 heterocycles. The average molecular weight is 465 g/mol. The van der Waals surface area contributed by atoms with Gasteiger partial charge in [0.1, 0.15) is 0 Å². The van der Waals surface area contributed by atoms with Crippen molar-refractivity contribution in [2.75, 3.05) is 26.2 Å². The lowest BCUT2D eigenvalue weighted by Crippen LogP contribution is -2.45. The van der Waals surface area contributed by atoms with E-state index in [-0.39, 0.29) is 35.3 Å². The fourth-order valence-electron chi connectivity index (χ4n) is 3.19. The molecule has 2 fully saturated rings. The zero-order valence-corrected chi connectivity index (χ0v) is 18.7. The van der Waals surface area contributed by atoms with E-state index < -0.39 is 0 Å². The summed E-state index contributed by atoms with van der Waals surface area (Å²) in [6, 6.07) is 1.94. The van der Waals surface area contributed by atoms with Gasteiger partial charge in [0.2, 0.25) is 5.91 Å². The van der Waals surface area contributed by atoms with E-state index in [2.05, 4.69) is 39.7 Å². The van der Waals surface area contributed by atoms with Crippen molar-refractivity contribution in [2.24, 2.45) is 10.4 Å². The SMILES string of the molecule is CCNC(=NCCNC(=O)C(C)(C)C)NC1CC(C)N(C2CC2)C1.I. The van der Waals surface area contributed by atoms with Crippen LogP contribution in [-0.2, 0) is 4.79 Å². The Morgan fingerprint density at radius 1 is 1.24 bits per heavy atom. The topological polar surface area (TPSA) is 68.8 Å². The number of halogens is 1. The molecule has 1 saturated carbocycles. The Balaban J connectivity index is 0.00000312. The van der Waals surface area contributed by atoms with Crippen LogP contribution in [0, 0.1) is 5.41 Å². The minimum Gasteiger partial charge on any atom is -0.357 e. The number of aliphatic imine (C=N–C) groups is 1. The number of carbonyl (C=O) groups excluding carboxylic acids is 1. The maximum absolute atomic E-state index is 11.9. The van der Waals surface area contributed by atoms with E-state index in [0.717, 1.165) is 25.1 Å². The maximum Gasteiger partial charge on any atom is 0.225 e. The summed E-state index contributed by atoms with van der Waals surface area (Å²) in [7, 11) is 0. The van der Waals surface area contributed by atoms with Crippen LogP contribution >= 0.6 is 24.0 Å². The van der Waals surface area contributed by atoms with Gasteiger partial charge in [-0.25, -0.2) is 0 Å². The molecule has 0 aromatic carbocycles. The third-order valence-electron chi connectivity index (χ3n) is 4.67. The van der Waals surface area contributed by atoms with Gasteiger partial charge in [-0.05, 0) is 33.1 Å². The van der Waals surface area contributed by atoms with Gasteiger partial charge in [0.25, 0.3) is 0 Å². The molecule has 6 nitrogen and oxygen atoms in total. The van der Waals surface area contributed by atoms with E-state index in [9.17, 15) is 4.79 Å². The van der Waals surface area contributed by atoms with Crippen LogP contribution in [-0.4, -0.2) is 61.1 Å². The Morgan fingerprint density at radius 3 is 2.48 bits per heavy atom. The van der Waals surface area contributed by atoms with E-state index in [4.69, 9.17) is 0 Å². The molecule has 1 amide bonds. The number of rotatable bonds is 6. The molecule has 0 bridgehead atoms. The van der Waals surface area contributed by atoms with Crippen LogP contribution in [0.5, 0.6) is 0 Å². The molecule has 146 valence electrons. The van der Waals surface area contributed by atoms with Crippen molar-refractivity contribution >= 4 is 35.8 Å². The largest absolute Gasteiger partial charge is 0.357 e. The van der Waals surface area contributed by atoms with Crippen molar-refractivity contribution < 1.29 is 4.79 Å². The van der Waals surface area contributed by atoms with Crippen LogP contribution in [0.4, 0.5) is 0 Å². The van der Waals surface area contributed by atoms with E-state index in [1.807, 2.05) is 20.8 Å². The molecule has 2 rings (SSSR count). The molecule has 0 spiro atoms. The van der Waals surface area contributed by atoms with Gasteiger partial charge in [-0.15, -0.1) is 24.0 Å². The van der Waals surface area contributed by atoms with Gasteiger partial charge in [0.05, 0.1) is 6.54 Å². The van der Waals surface area contributed by atoms with Gasteiger partial charge < -0.3 is 16.0 Å². The van der Waals surface area contributed by atoms with Gasteiger partial charge in [-0.1, -0.05) is 20.8 Å². The molecule has 1 saturated heterocycles. The Bertz CT molecular complexity index is 459. The van der Waals surface area contributed by atoms with Crippen LogP contribution in [0.25, 0.3) is 0 Å². The standard InChI is InChI=1S/C18H35N5O.HI/c1-6-19-17(21-10-9-20-16(24)18(3,4)5)22-14-11-13(2)23(12-14)15-7-8-15;/h13-15H,6-12H2,1-5H3,(H,20,24)(H2,19,21,22);1H. The first-order valence-electron chi connectivity index (χ1n) is 9.40. The molecule has 1 aliphatic carbocycles. The van der Waals surface area contributed by atoms with Crippen LogP contribution in [0.15, 0.2) is 4.99 Å². The highest BCUT2D eigenvalue weighted by molar-refractivity contribution is 14.0. The predicted molar refractivity (Wildman–Crippen MR) is 115 cm³/mol. The summed E-state index contributed by atoms with van der Waals surface area (Å²) >= 11 is 0. The fraction of sp³-hybridized carbons (Fsp3) is 0.889. The molecule has 7 heteroatoms. The second kappa shape index (κ2) is 9.94. The van der Waals surface area contributed by atoms with Gasteiger partial charge >= 0.3 is 0 Å². The van der Waals surface area contributed by atoms with Gasteiger partial charge in [-0.3, -0.25) is 14.7 Å². The van der Waals surface area contributed by atoms with Gasteiger partial charge in [-0.2, -0.15) is 0 Å². The molecule has 2 unspecified atom stereocenters. The first-order chi connectivity index (χ1) is 11.3. The van der Waals surface area contributed by atoms with Crippen LogP contribution in [0.2, 0.25) is 0 Å². The zero-order chi connectivity index (χ0) is 17.7. The normalized spacial score (nSPS) is 24.6. The first-order valence-corrected chi connectivity index (χ1v) is 9.40. The number of nitrogens with zero attached hydrogens (tertiary/aromatic N) is 2. The Kier molecular flexibility index (Phi) is 8.94. The quantitative estimate of drug-likeness (QED) is 0.243. The number of carbonyl (C=O) groups is 1. The number of amides is 1. The zero-order valence-electron chi connectivity index (χ0n) is 16.4. The molecule has 2 atom stereocenters. The smallest absolute Gasteiger partial charge is 0.225 e. The van der Waals surface area contributed by atoms with E-state index in [1.54, 1.807) is 0 Å². The third kappa shape index (κ3) is 7.29. The Hall–Kier alpha value is -0.570. The highest BCUT2D eigenvalue weighted by Crippen LogP contribution is 2.33. The first kappa shape index (κ1) is 22.5. The van der Waals surface area contributed by atoms with Crippen molar-refractivity contribution in [1.29, 1.82) is 0 Å². The fourth-order valence-corrected chi connectivity index (χ4v) is 3.19. The van der Waals surface area contributed by atoms with Crippen LogP contribution in [0.1, 0.15) is 53.9 Å². The van der Waals surface area contributed by atoms with Crippen molar-refractivity contribution in [3.05, 3.63) is 0 Å². The van der Waals surface area contributed by atoms with Crippen molar-refractivity contribution in [3.63, 3.8) is 0 Å². The van der Waals surface area contributed by atoms with Gasteiger partial charge in [0, 0.05) is 43.2 Å². The second-order valence-electron chi connectivity index (χ2n) is 8.12. The average Bonchev–Trinajstić information content (AvgIpc) is 3.26. The maximum atomic E-state index is 11.9. The van der Waals surface area contributed by atoms with E-state index >= 15 is 0 Å². The number of likely N-dealkylation sites (tertiary alicyclic amines) is 1. The van der Waals surface area contributed by atoms with E-state index in [0.29, 0.717) is 25.2 Å². The summed E-state index contributed by atoms with van der Waals surface area (Å²) < 4.78 is 0. The Labute approximate surface area is 170 Å². The molecule has 0 aromatic heterocycles. The number of hydrogen-bond donors (Lipinski definition) is 3. The van der Waals surface area contributed by atoms with Crippen molar-refractivity contribution in [3.8, 4) is 0 Å². The molecule has 3 N–H and O–H groups in total. The summed E-state index contributed by atoms with van der Waals surface area (Å²) in [6.45, 7) is 13.3. The minimum atomic E-state index is -0.348. The molecule has 2 aliphatic rings. The monoisotopic (exact) mass is 465 g/mol. The number of guanidine groups is 1. The third-order valence-corrected chi connectivity index (χ3v) is 4.67. The summed E-state index contributed by atoms with van der Waals surface area (Å²) in [5.74, 6) is 0.928. The van der Waals surface area contributed by atoms with Gasteiger partial charge in [0.15, 0.2) is 5.96 Å². The molecular weight excluding hydrogens is 429 g/mol. The lowest BCUT2D eigenvalue weighted by molar-refractivity contribution is -0.128. The summed E-state index contributed by atoms with van der Waals surface area (Å²) in [5, 5.41) is 9.81. The summed E-state index contributed by atoms with van der Waals surface area (Å²) in [5.41, 5.74) is -0.348. The highest BCUT2D eigenvalue weighted by atomic mass is 127. The Morgan fingerprint density at radius 2 is 1.92 bits per heavy atom. The summed E-state index contributed by atoms with van der Waals surface area (Å²) in [6.07, 6.45) is 3.89. The minimum absolute atomic E-state index is 0. The summed E-state index contributed by atoms with van der Waals surface area (Å²) in [4.78, 5) is 19.1. The predicted octanol–water partition coefficient (Wildman–Crippen LogP) is 1.95. The van der Waals surface area contributed by atoms with Crippen LogP contribution in [0.3, 0.4) is 0 Å². The number of nitrogens with one attached hydrogen (secondary N) is 3. The molecule has 25 heavy (non-hydrogen) atoms. The van der Waals surface area contributed by atoms with Crippen molar-refractivity contribution in [2.45, 2.75) is 72.0 Å². The number of hydrogen-bond acceptors (Lipinski definition) is 3. The molecule has 0 aromatic rings.